The first-order valence-corrected chi connectivity index (χ1v) is 5.34. The molecule has 15 heavy (non-hydrogen) atoms. The molecule has 0 aromatic carbocycles. The number of aliphatic hydroxyl groups is 1. The molecule has 1 aromatic rings. The molecule has 0 amide bonds. The third-order valence-corrected chi connectivity index (χ3v) is 3.15. The van der Waals surface area contributed by atoms with Crippen LogP contribution in [0, 0.1) is 6.92 Å². The molecule has 1 aliphatic rings. The Morgan fingerprint density at radius 1 is 1.53 bits per heavy atom. The van der Waals surface area contributed by atoms with Gasteiger partial charge in [-0.3, -0.25) is 0 Å². The van der Waals surface area contributed by atoms with E-state index < -0.39 is 5.60 Å². The molecule has 4 heteroatoms. The van der Waals surface area contributed by atoms with Gasteiger partial charge in [0.2, 0.25) is 5.88 Å². The van der Waals surface area contributed by atoms with E-state index in [1.807, 2.05) is 14.0 Å². The van der Waals surface area contributed by atoms with Gasteiger partial charge in [-0.15, -0.1) is 0 Å². The van der Waals surface area contributed by atoms with Crippen LogP contribution in [0.2, 0.25) is 0 Å². The van der Waals surface area contributed by atoms with Crippen molar-refractivity contribution in [1.82, 2.24) is 9.78 Å². The summed E-state index contributed by atoms with van der Waals surface area (Å²) in [6, 6.07) is 0. The van der Waals surface area contributed by atoms with Crippen molar-refractivity contribution in [2.24, 2.45) is 7.05 Å². The van der Waals surface area contributed by atoms with Gasteiger partial charge in [0.1, 0.15) is 0 Å². The molecule has 1 heterocycles. The number of ether oxygens (including phenoxy) is 1. The Kier molecular flexibility index (Phi) is 2.46. The average molecular weight is 210 g/mol. The first-order valence-electron chi connectivity index (χ1n) is 5.34. The molecule has 0 radical (unpaired) electrons. The standard InChI is InChI=1S/C11H18N2O2/c1-8-9(4-5-11(14)6-7-11)10(15-3)13(2)12-8/h14H,4-7H2,1-3H3. The lowest BCUT2D eigenvalue weighted by Gasteiger charge is -2.08. The molecular formula is C11H18N2O2. The van der Waals surface area contributed by atoms with Crippen LogP contribution in [-0.2, 0) is 13.5 Å². The van der Waals surface area contributed by atoms with E-state index in [0.717, 1.165) is 42.8 Å². The summed E-state index contributed by atoms with van der Waals surface area (Å²) in [4.78, 5) is 0. The average Bonchev–Trinajstić information content (AvgIpc) is 2.83. The number of rotatable bonds is 4. The normalized spacial score (nSPS) is 17.9. The van der Waals surface area contributed by atoms with Crippen molar-refractivity contribution >= 4 is 0 Å². The van der Waals surface area contributed by atoms with Gasteiger partial charge in [-0.1, -0.05) is 0 Å². The van der Waals surface area contributed by atoms with Crippen LogP contribution in [0.5, 0.6) is 5.88 Å². The number of aryl methyl sites for hydroxylation is 2. The fourth-order valence-electron chi connectivity index (χ4n) is 1.98. The van der Waals surface area contributed by atoms with Gasteiger partial charge in [-0.25, -0.2) is 4.68 Å². The van der Waals surface area contributed by atoms with Crippen molar-refractivity contribution < 1.29 is 9.84 Å². The van der Waals surface area contributed by atoms with Crippen molar-refractivity contribution in [3.63, 3.8) is 0 Å². The highest BCUT2D eigenvalue weighted by atomic mass is 16.5. The molecule has 1 aliphatic carbocycles. The first kappa shape index (κ1) is 10.5. The topological polar surface area (TPSA) is 47.3 Å². The maximum Gasteiger partial charge on any atom is 0.214 e. The van der Waals surface area contributed by atoms with Crippen LogP contribution in [0.4, 0.5) is 0 Å². The third-order valence-electron chi connectivity index (χ3n) is 3.15. The number of methoxy groups -OCH3 is 1. The Hall–Kier alpha value is -1.03. The fourth-order valence-corrected chi connectivity index (χ4v) is 1.98. The number of hydrogen-bond donors (Lipinski definition) is 1. The largest absolute Gasteiger partial charge is 0.481 e. The Labute approximate surface area is 89.9 Å². The lowest BCUT2D eigenvalue weighted by atomic mass is 10.1. The number of hydrogen-bond acceptors (Lipinski definition) is 3. The quantitative estimate of drug-likeness (QED) is 0.812. The summed E-state index contributed by atoms with van der Waals surface area (Å²) in [5.41, 5.74) is 1.73. The Morgan fingerprint density at radius 3 is 2.73 bits per heavy atom. The number of aromatic nitrogens is 2. The zero-order valence-electron chi connectivity index (χ0n) is 9.58. The second kappa shape index (κ2) is 3.52. The van der Waals surface area contributed by atoms with E-state index >= 15 is 0 Å². The van der Waals surface area contributed by atoms with Crippen molar-refractivity contribution in [3.05, 3.63) is 11.3 Å². The Balaban J connectivity index is 2.12. The van der Waals surface area contributed by atoms with E-state index in [1.54, 1.807) is 11.8 Å². The Morgan fingerprint density at radius 2 is 2.20 bits per heavy atom. The summed E-state index contributed by atoms with van der Waals surface area (Å²) < 4.78 is 7.05. The molecular weight excluding hydrogens is 192 g/mol. The van der Waals surface area contributed by atoms with E-state index in [9.17, 15) is 5.11 Å². The molecule has 0 bridgehead atoms. The second-order valence-corrected chi connectivity index (χ2v) is 4.42. The SMILES string of the molecule is COc1c(CCC2(O)CC2)c(C)nn1C. The van der Waals surface area contributed by atoms with Gasteiger partial charge in [-0.05, 0) is 32.6 Å². The first-order chi connectivity index (χ1) is 7.06. The molecule has 0 aliphatic heterocycles. The second-order valence-electron chi connectivity index (χ2n) is 4.42. The molecule has 0 atom stereocenters. The molecule has 1 fully saturated rings. The van der Waals surface area contributed by atoms with E-state index in [4.69, 9.17) is 4.74 Å². The zero-order valence-corrected chi connectivity index (χ0v) is 9.58. The Bertz CT molecular complexity index is 367. The van der Waals surface area contributed by atoms with Crippen LogP contribution in [-0.4, -0.2) is 27.6 Å². The van der Waals surface area contributed by atoms with E-state index in [2.05, 4.69) is 5.10 Å². The lowest BCUT2D eigenvalue weighted by molar-refractivity contribution is 0.140. The maximum atomic E-state index is 9.78. The van der Waals surface area contributed by atoms with Gasteiger partial charge in [-0.2, -0.15) is 5.10 Å². The molecule has 84 valence electrons. The van der Waals surface area contributed by atoms with Crippen molar-refractivity contribution in [2.45, 2.75) is 38.2 Å². The highest BCUT2D eigenvalue weighted by Crippen LogP contribution is 2.40. The summed E-state index contributed by atoms with van der Waals surface area (Å²) in [6.45, 7) is 1.98. The van der Waals surface area contributed by atoms with E-state index in [-0.39, 0.29) is 0 Å². The molecule has 0 unspecified atom stereocenters. The molecule has 2 rings (SSSR count). The van der Waals surface area contributed by atoms with Crippen LogP contribution in [0.3, 0.4) is 0 Å². The molecule has 0 spiro atoms. The predicted octanol–water partition coefficient (Wildman–Crippen LogP) is 1.19. The highest BCUT2D eigenvalue weighted by molar-refractivity contribution is 5.31. The van der Waals surface area contributed by atoms with E-state index in [1.165, 1.54) is 0 Å². The lowest BCUT2D eigenvalue weighted by Crippen LogP contribution is -2.08. The summed E-state index contributed by atoms with van der Waals surface area (Å²) in [7, 11) is 3.53. The summed E-state index contributed by atoms with van der Waals surface area (Å²) >= 11 is 0. The minimum atomic E-state index is -0.396. The van der Waals surface area contributed by atoms with Gasteiger partial charge >= 0.3 is 0 Å². The smallest absolute Gasteiger partial charge is 0.214 e. The summed E-state index contributed by atoms with van der Waals surface area (Å²) in [5.74, 6) is 0.816. The van der Waals surface area contributed by atoms with Gasteiger partial charge in [0, 0.05) is 12.6 Å². The minimum Gasteiger partial charge on any atom is -0.481 e. The van der Waals surface area contributed by atoms with Gasteiger partial charge in [0.25, 0.3) is 0 Å². The van der Waals surface area contributed by atoms with Crippen molar-refractivity contribution in [3.8, 4) is 5.88 Å². The van der Waals surface area contributed by atoms with E-state index in [0.29, 0.717) is 0 Å². The summed E-state index contributed by atoms with van der Waals surface area (Å²) in [5, 5.41) is 14.1. The van der Waals surface area contributed by atoms with Crippen molar-refractivity contribution in [1.29, 1.82) is 0 Å². The highest BCUT2D eigenvalue weighted by Gasteiger charge is 2.39. The van der Waals surface area contributed by atoms with Crippen LogP contribution in [0.25, 0.3) is 0 Å². The zero-order chi connectivity index (χ0) is 11.1. The monoisotopic (exact) mass is 210 g/mol. The molecule has 1 N–H and O–H groups in total. The fraction of sp³-hybridized carbons (Fsp3) is 0.727. The van der Waals surface area contributed by atoms with Gasteiger partial charge in [0.15, 0.2) is 0 Å². The van der Waals surface area contributed by atoms with Gasteiger partial charge in [0.05, 0.1) is 18.4 Å². The maximum absolute atomic E-state index is 9.78. The predicted molar refractivity (Wildman–Crippen MR) is 57.0 cm³/mol. The molecule has 0 saturated heterocycles. The third kappa shape index (κ3) is 2.00. The number of nitrogens with zero attached hydrogens (tertiary/aromatic N) is 2. The minimum absolute atomic E-state index is 0.396. The molecule has 1 aromatic heterocycles. The van der Waals surface area contributed by atoms with Gasteiger partial charge < -0.3 is 9.84 Å². The van der Waals surface area contributed by atoms with Crippen molar-refractivity contribution in [2.75, 3.05) is 7.11 Å². The molecule has 4 nitrogen and oxygen atoms in total. The van der Waals surface area contributed by atoms with Crippen LogP contribution in [0.1, 0.15) is 30.5 Å². The molecule has 1 saturated carbocycles. The van der Waals surface area contributed by atoms with Crippen LogP contribution >= 0.6 is 0 Å². The van der Waals surface area contributed by atoms with Crippen LogP contribution < -0.4 is 4.74 Å². The summed E-state index contributed by atoms with van der Waals surface area (Å²) in [6.07, 6.45) is 3.54. The van der Waals surface area contributed by atoms with Crippen LogP contribution in [0.15, 0.2) is 0 Å².